The fourth-order valence-electron chi connectivity index (χ4n) is 2.16. The fraction of sp³-hybridized carbons (Fsp3) is 0.353. The van der Waals surface area contributed by atoms with Crippen molar-refractivity contribution in [3.63, 3.8) is 0 Å². The summed E-state index contributed by atoms with van der Waals surface area (Å²) >= 11 is 5.33. The Bertz CT molecular complexity index is 557. The van der Waals surface area contributed by atoms with Gasteiger partial charge >= 0.3 is 0 Å². The zero-order chi connectivity index (χ0) is 15.1. The Morgan fingerprint density at radius 1 is 1.29 bits per heavy atom. The molecule has 1 atom stereocenters. The lowest BCUT2D eigenvalue weighted by Crippen LogP contribution is -2.33. The Labute approximate surface area is 139 Å². The minimum atomic E-state index is 0.439. The molecular weight excluding hydrogens is 344 g/mol. The molecule has 0 aliphatic carbocycles. The summed E-state index contributed by atoms with van der Waals surface area (Å²) in [4.78, 5) is 5.81. The first-order valence-electron chi connectivity index (χ1n) is 7.20. The molecule has 0 radical (unpaired) electrons. The molecule has 1 unspecified atom stereocenters. The van der Waals surface area contributed by atoms with Crippen LogP contribution < -0.4 is 5.32 Å². The number of benzene rings is 1. The van der Waals surface area contributed by atoms with Crippen molar-refractivity contribution in [3.05, 3.63) is 58.3 Å². The summed E-state index contributed by atoms with van der Waals surface area (Å²) in [6, 6.07) is 13.3. The van der Waals surface area contributed by atoms with Crippen LogP contribution in [0.25, 0.3) is 0 Å². The van der Waals surface area contributed by atoms with Gasteiger partial charge in [-0.05, 0) is 53.7 Å². The van der Waals surface area contributed by atoms with Gasteiger partial charge in [-0.25, -0.2) is 0 Å². The smallest absolute Gasteiger partial charge is 0.0420 e. The Morgan fingerprint density at radius 3 is 2.81 bits per heavy atom. The van der Waals surface area contributed by atoms with E-state index in [0.717, 1.165) is 28.9 Å². The van der Waals surface area contributed by atoms with Crippen LogP contribution in [-0.4, -0.2) is 23.3 Å². The lowest BCUT2D eigenvalue weighted by Gasteiger charge is -2.17. The number of rotatable bonds is 7. The third-order valence-electron chi connectivity index (χ3n) is 3.18. The second-order valence-electron chi connectivity index (χ2n) is 5.05. The van der Waals surface area contributed by atoms with Gasteiger partial charge in [0.15, 0.2) is 0 Å². The van der Waals surface area contributed by atoms with Crippen LogP contribution in [0, 0.1) is 6.92 Å². The van der Waals surface area contributed by atoms with Crippen molar-refractivity contribution in [2.24, 2.45) is 0 Å². The Hall–Kier alpha value is -0.840. The van der Waals surface area contributed by atoms with Crippen LogP contribution >= 0.6 is 27.7 Å². The van der Waals surface area contributed by atoms with E-state index in [-0.39, 0.29) is 0 Å². The summed E-state index contributed by atoms with van der Waals surface area (Å²) < 4.78 is 1.03. The largest absolute Gasteiger partial charge is 0.313 e. The zero-order valence-corrected chi connectivity index (χ0v) is 14.9. The van der Waals surface area contributed by atoms with E-state index in [9.17, 15) is 0 Å². The summed E-state index contributed by atoms with van der Waals surface area (Å²) in [5, 5.41) is 3.56. The summed E-state index contributed by atoms with van der Waals surface area (Å²) in [6.07, 6.45) is 2.83. The highest BCUT2D eigenvalue weighted by Gasteiger charge is 2.10. The standard InChI is InChI=1S/C17H21BrN2S/c1-3-19-16(10-15-8-7-14(18)11-20-15)12-21-17-6-4-5-13(2)9-17/h4-9,11,16,19H,3,10,12H2,1-2H3. The number of halogens is 1. The maximum absolute atomic E-state index is 4.47. The number of hydrogen-bond donors (Lipinski definition) is 1. The van der Waals surface area contributed by atoms with E-state index in [1.165, 1.54) is 10.5 Å². The summed E-state index contributed by atoms with van der Waals surface area (Å²) in [5.74, 6) is 1.05. The molecule has 4 heteroatoms. The lowest BCUT2D eigenvalue weighted by atomic mass is 10.1. The van der Waals surface area contributed by atoms with Crippen molar-refractivity contribution in [1.29, 1.82) is 0 Å². The molecule has 1 aromatic carbocycles. The SMILES string of the molecule is CCNC(CSc1cccc(C)c1)Cc1ccc(Br)cn1. The maximum atomic E-state index is 4.47. The molecule has 2 rings (SSSR count). The first kappa shape index (κ1) is 16.5. The molecule has 0 amide bonds. The molecule has 0 saturated carbocycles. The number of aromatic nitrogens is 1. The van der Waals surface area contributed by atoms with Gasteiger partial charge in [0, 0.05) is 39.5 Å². The molecular formula is C17H21BrN2S. The van der Waals surface area contributed by atoms with E-state index in [4.69, 9.17) is 0 Å². The van der Waals surface area contributed by atoms with E-state index in [0.29, 0.717) is 6.04 Å². The van der Waals surface area contributed by atoms with E-state index >= 15 is 0 Å². The van der Waals surface area contributed by atoms with Gasteiger partial charge in [0.05, 0.1) is 0 Å². The van der Waals surface area contributed by atoms with Crippen LogP contribution in [0.3, 0.4) is 0 Å². The number of pyridine rings is 1. The molecule has 0 spiro atoms. The van der Waals surface area contributed by atoms with Crippen LogP contribution in [0.5, 0.6) is 0 Å². The van der Waals surface area contributed by atoms with Gasteiger partial charge in [-0.3, -0.25) is 4.98 Å². The van der Waals surface area contributed by atoms with Gasteiger partial charge in [-0.2, -0.15) is 0 Å². The molecule has 21 heavy (non-hydrogen) atoms. The summed E-state index contributed by atoms with van der Waals surface area (Å²) in [6.45, 7) is 5.27. The third-order valence-corrected chi connectivity index (χ3v) is 4.80. The molecule has 0 bridgehead atoms. The highest BCUT2D eigenvalue weighted by Crippen LogP contribution is 2.21. The molecule has 2 nitrogen and oxygen atoms in total. The predicted octanol–water partition coefficient (Wildman–Crippen LogP) is 4.47. The average molecular weight is 365 g/mol. The van der Waals surface area contributed by atoms with Crippen LogP contribution in [0.2, 0.25) is 0 Å². The van der Waals surface area contributed by atoms with Crippen LogP contribution in [-0.2, 0) is 6.42 Å². The van der Waals surface area contributed by atoms with Crippen molar-refractivity contribution in [2.75, 3.05) is 12.3 Å². The van der Waals surface area contributed by atoms with Crippen LogP contribution in [0.15, 0.2) is 52.0 Å². The second kappa shape index (κ2) is 8.57. The Kier molecular flexibility index (Phi) is 6.74. The summed E-state index contributed by atoms with van der Waals surface area (Å²) in [7, 11) is 0. The number of likely N-dealkylation sites (N-methyl/N-ethyl adjacent to an activating group) is 1. The molecule has 1 heterocycles. The quantitative estimate of drug-likeness (QED) is 0.733. The number of aryl methyl sites for hydroxylation is 1. The predicted molar refractivity (Wildman–Crippen MR) is 95.0 cm³/mol. The molecule has 0 saturated heterocycles. The number of nitrogens with one attached hydrogen (secondary N) is 1. The lowest BCUT2D eigenvalue weighted by molar-refractivity contribution is 0.566. The van der Waals surface area contributed by atoms with Crippen LogP contribution in [0.4, 0.5) is 0 Å². The van der Waals surface area contributed by atoms with E-state index in [1.807, 2.05) is 18.0 Å². The molecule has 1 aromatic heterocycles. The van der Waals surface area contributed by atoms with Gasteiger partial charge < -0.3 is 5.32 Å². The van der Waals surface area contributed by atoms with Crippen molar-refractivity contribution in [2.45, 2.75) is 31.2 Å². The van der Waals surface area contributed by atoms with Crippen molar-refractivity contribution in [3.8, 4) is 0 Å². The van der Waals surface area contributed by atoms with Crippen molar-refractivity contribution < 1.29 is 0 Å². The fourth-order valence-corrected chi connectivity index (χ4v) is 3.47. The average Bonchev–Trinajstić information content (AvgIpc) is 2.47. The highest BCUT2D eigenvalue weighted by molar-refractivity contribution is 9.10. The van der Waals surface area contributed by atoms with Gasteiger partial charge in [0.1, 0.15) is 0 Å². The van der Waals surface area contributed by atoms with Gasteiger partial charge in [0.2, 0.25) is 0 Å². The zero-order valence-electron chi connectivity index (χ0n) is 12.5. The Morgan fingerprint density at radius 2 is 2.14 bits per heavy atom. The second-order valence-corrected chi connectivity index (χ2v) is 7.06. The van der Waals surface area contributed by atoms with Gasteiger partial charge in [0.25, 0.3) is 0 Å². The molecule has 112 valence electrons. The minimum absolute atomic E-state index is 0.439. The molecule has 0 aliphatic rings. The first-order chi connectivity index (χ1) is 10.2. The van der Waals surface area contributed by atoms with E-state index < -0.39 is 0 Å². The minimum Gasteiger partial charge on any atom is -0.313 e. The summed E-state index contributed by atoms with van der Waals surface area (Å²) in [5.41, 5.74) is 2.45. The monoisotopic (exact) mass is 364 g/mol. The number of nitrogens with zero attached hydrogens (tertiary/aromatic N) is 1. The molecule has 1 N–H and O–H groups in total. The first-order valence-corrected chi connectivity index (χ1v) is 8.98. The highest BCUT2D eigenvalue weighted by atomic mass is 79.9. The maximum Gasteiger partial charge on any atom is 0.0420 e. The number of hydrogen-bond acceptors (Lipinski definition) is 3. The molecule has 2 aromatic rings. The van der Waals surface area contributed by atoms with E-state index in [2.05, 4.69) is 76.5 Å². The Balaban J connectivity index is 1.93. The molecule has 0 aliphatic heterocycles. The van der Waals surface area contributed by atoms with Gasteiger partial charge in [-0.15, -0.1) is 11.8 Å². The normalized spacial score (nSPS) is 12.3. The van der Waals surface area contributed by atoms with Gasteiger partial charge in [-0.1, -0.05) is 24.6 Å². The third kappa shape index (κ3) is 5.81. The van der Waals surface area contributed by atoms with Crippen molar-refractivity contribution in [1.82, 2.24) is 10.3 Å². The van der Waals surface area contributed by atoms with Crippen molar-refractivity contribution >= 4 is 27.7 Å². The van der Waals surface area contributed by atoms with E-state index in [1.54, 1.807) is 0 Å². The molecule has 0 fully saturated rings. The topological polar surface area (TPSA) is 24.9 Å². The number of thioether (sulfide) groups is 1. The van der Waals surface area contributed by atoms with Crippen LogP contribution in [0.1, 0.15) is 18.2 Å².